The Balaban J connectivity index is 0.00000182. The number of phenolic OH excluding ortho intramolecular Hbond substituents is 1. The molecule has 1 N–H and O–H groups in total. The molecule has 0 saturated carbocycles. The smallest absolute Gasteiger partial charge is 0.197 e. The van der Waals surface area contributed by atoms with Gasteiger partial charge in [0.2, 0.25) is 0 Å². The van der Waals surface area contributed by atoms with Crippen LogP contribution in [0, 0.1) is 5.92 Å². The van der Waals surface area contributed by atoms with Gasteiger partial charge in [0.1, 0.15) is 0 Å². The molecule has 1 aromatic carbocycles. The van der Waals surface area contributed by atoms with Gasteiger partial charge in [-0.25, -0.2) is 0 Å². The largest absolute Gasteiger partial charge is 0.504 e. The molecule has 2 bridgehead atoms. The van der Waals surface area contributed by atoms with Crippen molar-refractivity contribution in [2.45, 2.75) is 30.7 Å². The van der Waals surface area contributed by atoms with Gasteiger partial charge in [-0.3, -0.25) is 4.79 Å². The van der Waals surface area contributed by atoms with Crippen molar-refractivity contribution in [3.05, 3.63) is 35.1 Å². The van der Waals surface area contributed by atoms with E-state index in [0.29, 0.717) is 24.0 Å². The number of ether oxygens (including phenoxy) is 2. The number of hydrogen-bond acceptors (Lipinski definition) is 5. The van der Waals surface area contributed by atoms with Crippen molar-refractivity contribution < 1.29 is 19.4 Å². The van der Waals surface area contributed by atoms with Crippen LogP contribution >= 0.6 is 12.4 Å². The molecule has 136 valence electrons. The number of nitrogens with zero attached hydrogens (tertiary/aromatic N) is 1. The molecule has 0 spiro atoms. The van der Waals surface area contributed by atoms with Gasteiger partial charge in [-0.2, -0.15) is 0 Å². The maximum atomic E-state index is 12.6. The van der Waals surface area contributed by atoms with Gasteiger partial charge in [0.15, 0.2) is 23.0 Å². The quantitative estimate of drug-likeness (QED) is 0.872. The average Bonchev–Trinajstić information content (AvgIpc) is 2.57. The minimum Gasteiger partial charge on any atom is -0.504 e. The minimum absolute atomic E-state index is 0. The van der Waals surface area contributed by atoms with Crippen LogP contribution < -0.4 is 4.74 Å². The summed E-state index contributed by atoms with van der Waals surface area (Å²) in [6, 6.07) is 4.18. The van der Waals surface area contributed by atoms with Crippen LogP contribution in [0.3, 0.4) is 0 Å². The Labute approximate surface area is 154 Å². The molecule has 6 heteroatoms. The lowest BCUT2D eigenvalue weighted by Gasteiger charge is -2.56. The molecular weight excluding hydrogens is 342 g/mol. The molecule has 4 rings (SSSR count). The Morgan fingerprint density at radius 3 is 2.72 bits per heavy atom. The molecule has 1 saturated heterocycles. The molecule has 3 aliphatic rings. The van der Waals surface area contributed by atoms with E-state index in [-0.39, 0.29) is 35.3 Å². The number of benzene rings is 1. The van der Waals surface area contributed by atoms with Gasteiger partial charge in [0, 0.05) is 29.4 Å². The molecule has 1 heterocycles. The van der Waals surface area contributed by atoms with Gasteiger partial charge in [0.05, 0.1) is 14.2 Å². The standard InChI is InChI=1S/C19H23NO4.ClH/c1-20-7-6-19-10-14(21)16(24-3)9-12(19)13(20)8-11-4-5-15(23-2)18(22)17(11)19;/h4-5,9,12-13,22H,6-8,10H2,1-3H3;1H/t12-,13-,19+;/m0./s1. The van der Waals surface area contributed by atoms with Crippen molar-refractivity contribution in [3.63, 3.8) is 0 Å². The predicted molar refractivity (Wildman–Crippen MR) is 96.5 cm³/mol. The molecule has 25 heavy (non-hydrogen) atoms. The van der Waals surface area contributed by atoms with Crippen molar-refractivity contribution in [2.75, 3.05) is 27.8 Å². The monoisotopic (exact) mass is 365 g/mol. The van der Waals surface area contributed by atoms with Crippen LogP contribution in [0.25, 0.3) is 0 Å². The van der Waals surface area contributed by atoms with Crippen LogP contribution in [0.5, 0.6) is 11.5 Å². The SMILES string of the molecule is COC1=C[C@H]2[C@@H]3Cc4ccc(OC)c(O)c4[C@]2(CCN3C)CC1=O.Cl. The number of methoxy groups -OCH3 is 2. The van der Waals surface area contributed by atoms with Gasteiger partial charge >= 0.3 is 0 Å². The van der Waals surface area contributed by atoms with Crippen molar-refractivity contribution in [1.82, 2.24) is 4.90 Å². The zero-order chi connectivity index (χ0) is 17.1. The van der Waals surface area contributed by atoms with E-state index in [1.165, 1.54) is 0 Å². The molecule has 2 aliphatic carbocycles. The number of hydrogen-bond donors (Lipinski definition) is 1. The lowest BCUT2D eigenvalue weighted by Crippen LogP contribution is -2.60. The Morgan fingerprint density at radius 2 is 2.04 bits per heavy atom. The first-order chi connectivity index (χ1) is 11.5. The molecule has 1 aliphatic heterocycles. The topological polar surface area (TPSA) is 59.0 Å². The summed E-state index contributed by atoms with van der Waals surface area (Å²) >= 11 is 0. The number of likely N-dealkylation sites (tertiary alicyclic amines) is 1. The number of fused-ring (bicyclic) bond motifs is 1. The van der Waals surface area contributed by atoms with E-state index >= 15 is 0 Å². The second-order valence-electron chi connectivity index (χ2n) is 7.17. The molecule has 0 unspecified atom stereocenters. The van der Waals surface area contributed by atoms with E-state index in [2.05, 4.69) is 11.9 Å². The summed E-state index contributed by atoms with van der Waals surface area (Å²) < 4.78 is 10.6. The summed E-state index contributed by atoms with van der Waals surface area (Å²) in [5.74, 6) is 1.32. The molecule has 1 fully saturated rings. The van der Waals surface area contributed by atoms with Gasteiger partial charge in [-0.15, -0.1) is 12.4 Å². The maximum Gasteiger partial charge on any atom is 0.197 e. The van der Waals surface area contributed by atoms with Crippen LogP contribution in [0.1, 0.15) is 24.0 Å². The Morgan fingerprint density at radius 1 is 1.28 bits per heavy atom. The fourth-order valence-corrected chi connectivity index (χ4v) is 5.03. The van der Waals surface area contributed by atoms with Crippen LogP contribution in [0.4, 0.5) is 0 Å². The van der Waals surface area contributed by atoms with Crippen molar-refractivity contribution in [3.8, 4) is 11.5 Å². The van der Waals surface area contributed by atoms with Crippen LogP contribution in [-0.2, 0) is 21.4 Å². The summed E-state index contributed by atoms with van der Waals surface area (Å²) in [4.78, 5) is 15.0. The highest BCUT2D eigenvalue weighted by atomic mass is 35.5. The predicted octanol–water partition coefficient (Wildman–Crippen LogP) is 2.44. The van der Waals surface area contributed by atoms with Crippen LogP contribution in [-0.4, -0.2) is 49.6 Å². The fraction of sp³-hybridized carbons (Fsp3) is 0.526. The molecular formula is C19H24ClNO4. The second kappa shape index (κ2) is 6.22. The number of carbonyl (C=O) groups is 1. The average molecular weight is 366 g/mol. The maximum absolute atomic E-state index is 12.6. The first-order valence-corrected chi connectivity index (χ1v) is 8.40. The third kappa shape index (κ3) is 2.36. The summed E-state index contributed by atoms with van der Waals surface area (Å²) in [6.45, 7) is 0.917. The number of likely N-dealkylation sites (N-methyl/N-ethyl adjacent to an activating group) is 1. The number of allylic oxidation sites excluding steroid dienone is 1. The minimum atomic E-state index is -0.359. The van der Waals surface area contributed by atoms with E-state index in [1.807, 2.05) is 18.2 Å². The molecule has 0 amide bonds. The normalized spacial score (nSPS) is 30.5. The number of carbonyl (C=O) groups excluding carboxylic acids is 1. The molecule has 1 aromatic rings. The Hall–Kier alpha value is -1.72. The molecule has 0 radical (unpaired) electrons. The van der Waals surface area contributed by atoms with E-state index < -0.39 is 0 Å². The van der Waals surface area contributed by atoms with E-state index in [1.54, 1.807) is 14.2 Å². The third-order valence-corrected chi connectivity index (χ3v) is 6.21. The van der Waals surface area contributed by atoms with Crippen LogP contribution in [0.15, 0.2) is 24.0 Å². The number of piperidine rings is 1. The number of halogens is 1. The molecule has 5 nitrogen and oxygen atoms in total. The van der Waals surface area contributed by atoms with Crippen molar-refractivity contribution in [2.24, 2.45) is 5.92 Å². The van der Waals surface area contributed by atoms with Gasteiger partial charge in [-0.05, 0) is 44.1 Å². The van der Waals surface area contributed by atoms with Gasteiger partial charge < -0.3 is 19.5 Å². The molecule has 0 aromatic heterocycles. The van der Waals surface area contributed by atoms with Gasteiger partial charge in [-0.1, -0.05) is 6.07 Å². The number of Topliss-reactive ketones (excluding diaryl/α,β-unsaturated/α-hetero) is 1. The zero-order valence-corrected chi connectivity index (χ0v) is 15.6. The third-order valence-electron chi connectivity index (χ3n) is 6.21. The van der Waals surface area contributed by atoms with Crippen molar-refractivity contribution >= 4 is 18.2 Å². The molecule has 3 atom stereocenters. The number of ketones is 1. The fourth-order valence-electron chi connectivity index (χ4n) is 5.03. The van der Waals surface area contributed by atoms with Gasteiger partial charge in [0.25, 0.3) is 0 Å². The highest BCUT2D eigenvalue weighted by molar-refractivity contribution is 5.96. The highest BCUT2D eigenvalue weighted by Crippen LogP contribution is 2.57. The van der Waals surface area contributed by atoms with E-state index in [4.69, 9.17) is 9.47 Å². The number of phenols is 1. The summed E-state index contributed by atoms with van der Waals surface area (Å²) in [5, 5.41) is 10.9. The highest BCUT2D eigenvalue weighted by Gasteiger charge is 2.56. The summed E-state index contributed by atoms with van der Waals surface area (Å²) in [6.07, 6.45) is 4.08. The van der Waals surface area contributed by atoms with Crippen LogP contribution in [0.2, 0.25) is 0 Å². The first kappa shape index (κ1) is 18.1. The zero-order valence-electron chi connectivity index (χ0n) is 14.7. The summed E-state index contributed by atoms with van der Waals surface area (Å²) in [5.41, 5.74) is 1.68. The Bertz CT molecular complexity index is 747. The van der Waals surface area contributed by atoms with Crippen molar-refractivity contribution in [1.29, 1.82) is 0 Å². The second-order valence-corrected chi connectivity index (χ2v) is 7.17. The van der Waals surface area contributed by atoms with E-state index in [0.717, 1.165) is 30.5 Å². The first-order valence-electron chi connectivity index (χ1n) is 8.40. The lowest BCUT2D eigenvalue weighted by molar-refractivity contribution is -0.122. The number of rotatable bonds is 2. The van der Waals surface area contributed by atoms with E-state index in [9.17, 15) is 9.90 Å². The Kier molecular flexibility index (Phi) is 4.50. The summed E-state index contributed by atoms with van der Waals surface area (Å²) in [7, 11) is 5.25. The number of aromatic hydroxyl groups is 1. The lowest BCUT2D eigenvalue weighted by atomic mass is 9.53.